The fourth-order valence-corrected chi connectivity index (χ4v) is 8.30. The number of aromatic nitrogens is 1. The molecule has 3 aromatic rings. The van der Waals surface area contributed by atoms with Gasteiger partial charge in [0.25, 0.3) is 10.0 Å². The maximum absolute atomic E-state index is 13.1. The Bertz CT molecular complexity index is 1290. The Hall–Kier alpha value is -1.27. The summed E-state index contributed by atoms with van der Waals surface area (Å²) in [5.74, 6) is 0. The molecule has 5 rings (SSSR count). The maximum atomic E-state index is 13.1. The van der Waals surface area contributed by atoms with E-state index >= 15 is 0 Å². The summed E-state index contributed by atoms with van der Waals surface area (Å²) in [5, 5.41) is 7.84. The number of hydrogen-bond donors (Lipinski definition) is 2. The molecule has 1 aromatic carbocycles. The number of H-pyrrole nitrogens is 1. The summed E-state index contributed by atoms with van der Waals surface area (Å²) in [4.78, 5) is 10.9. The topological polar surface area (TPSA) is 80.8 Å². The van der Waals surface area contributed by atoms with Crippen molar-refractivity contribution in [1.82, 2.24) is 15.2 Å². The van der Waals surface area contributed by atoms with Crippen molar-refractivity contribution in [1.29, 1.82) is 0 Å². The van der Waals surface area contributed by atoms with Gasteiger partial charge in [-0.25, -0.2) is 8.42 Å². The lowest BCUT2D eigenvalue weighted by Crippen LogP contribution is -2.54. The number of hydrogen-bond acceptors (Lipinski definition) is 7. The van der Waals surface area contributed by atoms with Gasteiger partial charge in [0.2, 0.25) is 0 Å². The van der Waals surface area contributed by atoms with Gasteiger partial charge in [0.05, 0.1) is 23.4 Å². The van der Waals surface area contributed by atoms with Crippen LogP contribution in [0.5, 0.6) is 0 Å². The average molecular weight is 591 g/mol. The molecule has 2 aliphatic heterocycles. The Morgan fingerprint density at radius 3 is 2.58 bits per heavy atom. The summed E-state index contributed by atoms with van der Waals surface area (Å²) in [6.45, 7) is 8.62. The SMILES string of the molecule is CC1CN(CCC2CN=C(c3cc4cccc(N(C)S(=O)(=O)c5cccs5)c4[nH]3)S2)CC(C)N1.Cl.Cl. The van der Waals surface area contributed by atoms with Crippen LogP contribution in [0.15, 0.2) is 51.0 Å². The second-order valence-corrected chi connectivity index (χ2v) is 13.7. The average Bonchev–Trinajstić information content (AvgIpc) is 3.56. The zero-order chi connectivity index (χ0) is 23.9. The van der Waals surface area contributed by atoms with Crippen LogP contribution >= 0.6 is 47.9 Å². The van der Waals surface area contributed by atoms with Crippen LogP contribution in [0.2, 0.25) is 0 Å². The highest BCUT2D eigenvalue weighted by molar-refractivity contribution is 8.15. The predicted molar refractivity (Wildman–Crippen MR) is 159 cm³/mol. The van der Waals surface area contributed by atoms with E-state index in [0.29, 0.717) is 27.2 Å². The second-order valence-electron chi connectivity index (χ2n) is 9.23. The molecule has 0 amide bonds. The van der Waals surface area contributed by atoms with Gasteiger partial charge in [0, 0.05) is 42.9 Å². The molecule has 1 fully saturated rings. The van der Waals surface area contributed by atoms with Crippen molar-refractivity contribution in [2.45, 2.75) is 41.8 Å². The monoisotopic (exact) mass is 589 g/mol. The number of thioether (sulfide) groups is 1. The van der Waals surface area contributed by atoms with Crippen LogP contribution in [-0.4, -0.2) is 73.9 Å². The van der Waals surface area contributed by atoms with Crippen LogP contribution in [0.3, 0.4) is 0 Å². The Labute approximate surface area is 234 Å². The minimum Gasteiger partial charge on any atom is -0.351 e. The molecule has 198 valence electrons. The van der Waals surface area contributed by atoms with Gasteiger partial charge in [0.15, 0.2) is 0 Å². The summed E-state index contributed by atoms with van der Waals surface area (Å²) in [6, 6.07) is 12.3. The summed E-state index contributed by atoms with van der Waals surface area (Å²) in [7, 11) is -1.99. The van der Waals surface area contributed by atoms with E-state index in [1.807, 2.05) is 30.0 Å². The fourth-order valence-electron chi connectivity index (χ4n) is 4.86. The Kier molecular flexibility index (Phi) is 9.81. The van der Waals surface area contributed by atoms with Gasteiger partial charge in [-0.1, -0.05) is 30.0 Å². The number of aliphatic imine (C=N–C) groups is 1. The first-order valence-corrected chi connectivity index (χ1v) is 14.9. The third kappa shape index (κ3) is 6.06. The minimum atomic E-state index is -3.60. The Morgan fingerprint density at radius 2 is 1.89 bits per heavy atom. The number of halogens is 2. The second kappa shape index (κ2) is 12.1. The van der Waals surface area contributed by atoms with Crippen molar-refractivity contribution < 1.29 is 8.42 Å². The highest BCUT2D eigenvalue weighted by Crippen LogP contribution is 2.34. The standard InChI is InChI=1S/C24H31N5O2S3.2ClH/c1-16-14-29(15-17(2)26-16)10-9-19-13-25-24(33-19)20-12-18-6-4-7-21(23(18)27-20)28(3)34(30,31)22-8-5-11-32-22;;/h4-8,11-12,16-17,19,26-27H,9-10,13-15H2,1-3H3;2*1H. The quantitative estimate of drug-likeness (QED) is 0.412. The lowest BCUT2D eigenvalue weighted by Gasteiger charge is -2.36. The predicted octanol–water partition coefficient (Wildman–Crippen LogP) is 4.83. The van der Waals surface area contributed by atoms with Crippen molar-refractivity contribution in [3.05, 3.63) is 47.5 Å². The number of nitrogens with one attached hydrogen (secondary N) is 2. The molecular weight excluding hydrogens is 557 g/mol. The number of nitrogens with zero attached hydrogens (tertiary/aromatic N) is 3. The Morgan fingerprint density at radius 1 is 1.14 bits per heavy atom. The summed E-state index contributed by atoms with van der Waals surface area (Å²) in [6.07, 6.45) is 1.12. The van der Waals surface area contributed by atoms with E-state index in [0.717, 1.165) is 54.2 Å². The number of aromatic amines is 1. The van der Waals surface area contributed by atoms with E-state index in [4.69, 9.17) is 4.99 Å². The number of benzene rings is 1. The molecule has 0 aliphatic carbocycles. The van der Waals surface area contributed by atoms with Crippen LogP contribution in [-0.2, 0) is 10.0 Å². The number of piperazine rings is 1. The zero-order valence-corrected chi connectivity index (χ0v) is 24.6. The highest BCUT2D eigenvalue weighted by atomic mass is 35.5. The van der Waals surface area contributed by atoms with Crippen molar-refractivity contribution in [3.63, 3.8) is 0 Å². The minimum absolute atomic E-state index is 0. The molecule has 0 bridgehead atoms. The summed E-state index contributed by atoms with van der Waals surface area (Å²) >= 11 is 3.06. The molecule has 12 heteroatoms. The van der Waals surface area contributed by atoms with Crippen LogP contribution in [0.4, 0.5) is 5.69 Å². The lowest BCUT2D eigenvalue weighted by atomic mass is 10.1. The fraction of sp³-hybridized carbons (Fsp3) is 0.458. The number of rotatable bonds is 7. The van der Waals surface area contributed by atoms with Crippen LogP contribution < -0.4 is 9.62 Å². The van der Waals surface area contributed by atoms with Crippen molar-refractivity contribution in [2.24, 2.45) is 4.99 Å². The number of fused-ring (bicyclic) bond motifs is 1. The summed E-state index contributed by atoms with van der Waals surface area (Å²) in [5.41, 5.74) is 2.41. The largest absolute Gasteiger partial charge is 0.351 e. The number of anilines is 1. The molecule has 2 N–H and O–H groups in total. The molecule has 7 nitrogen and oxygen atoms in total. The van der Waals surface area contributed by atoms with Crippen LogP contribution in [0.1, 0.15) is 26.0 Å². The van der Waals surface area contributed by atoms with Crippen LogP contribution in [0.25, 0.3) is 10.9 Å². The first-order chi connectivity index (χ1) is 16.3. The highest BCUT2D eigenvalue weighted by Gasteiger charge is 2.27. The van der Waals surface area contributed by atoms with Gasteiger partial charge in [0.1, 0.15) is 9.25 Å². The van der Waals surface area contributed by atoms with E-state index in [-0.39, 0.29) is 24.8 Å². The van der Waals surface area contributed by atoms with Crippen LogP contribution in [0, 0.1) is 0 Å². The van der Waals surface area contributed by atoms with E-state index < -0.39 is 10.0 Å². The van der Waals surface area contributed by atoms with Crippen molar-refractivity contribution >= 4 is 79.6 Å². The molecule has 2 aromatic heterocycles. The number of thiophene rings is 1. The third-order valence-electron chi connectivity index (χ3n) is 6.43. The number of para-hydroxylation sites is 1. The molecule has 0 radical (unpaired) electrons. The molecule has 3 unspecified atom stereocenters. The van der Waals surface area contributed by atoms with Crippen molar-refractivity contribution in [2.75, 3.05) is 37.5 Å². The molecule has 3 atom stereocenters. The van der Waals surface area contributed by atoms with E-state index in [2.05, 4.69) is 35.1 Å². The van der Waals surface area contributed by atoms with Gasteiger partial charge in [-0.3, -0.25) is 9.30 Å². The van der Waals surface area contributed by atoms with Crippen molar-refractivity contribution in [3.8, 4) is 0 Å². The van der Waals surface area contributed by atoms with E-state index in [1.54, 1.807) is 24.6 Å². The van der Waals surface area contributed by atoms with Gasteiger partial charge in [-0.05, 0) is 50.4 Å². The normalized spacial score (nSPS) is 22.6. The maximum Gasteiger partial charge on any atom is 0.273 e. The molecular formula is C24H33Cl2N5O2S3. The molecule has 0 saturated carbocycles. The Balaban J connectivity index is 0.00000180. The van der Waals surface area contributed by atoms with E-state index in [9.17, 15) is 8.42 Å². The van der Waals surface area contributed by atoms with Gasteiger partial charge in [-0.2, -0.15) is 0 Å². The third-order valence-corrected chi connectivity index (χ3v) is 10.9. The van der Waals surface area contributed by atoms with E-state index in [1.165, 1.54) is 15.6 Å². The smallest absolute Gasteiger partial charge is 0.273 e. The number of sulfonamides is 1. The summed E-state index contributed by atoms with van der Waals surface area (Å²) < 4.78 is 27.8. The molecule has 2 aliphatic rings. The molecule has 0 spiro atoms. The van der Waals surface area contributed by atoms with Gasteiger partial charge < -0.3 is 15.2 Å². The lowest BCUT2D eigenvalue weighted by molar-refractivity contribution is 0.172. The zero-order valence-electron chi connectivity index (χ0n) is 20.5. The first kappa shape index (κ1) is 29.3. The van der Waals surface area contributed by atoms with Gasteiger partial charge in [-0.15, -0.1) is 36.2 Å². The first-order valence-electron chi connectivity index (χ1n) is 11.7. The molecule has 4 heterocycles. The van der Waals surface area contributed by atoms with Gasteiger partial charge >= 0.3 is 0 Å². The molecule has 36 heavy (non-hydrogen) atoms. The molecule has 1 saturated heterocycles.